The minimum atomic E-state index is 0.465. The van der Waals surface area contributed by atoms with E-state index in [9.17, 15) is 0 Å². The molecule has 0 aromatic carbocycles. The van der Waals surface area contributed by atoms with Gasteiger partial charge in [0.2, 0.25) is 0 Å². The third-order valence-electron chi connectivity index (χ3n) is 1.67. The summed E-state index contributed by atoms with van der Waals surface area (Å²) in [7, 11) is 0. The highest BCUT2D eigenvalue weighted by Crippen LogP contribution is 2.13. The van der Waals surface area contributed by atoms with Crippen LogP contribution in [-0.2, 0) is 0 Å². The summed E-state index contributed by atoms with van der Waals surface area (Å²) in [6.07, 6.45) is 3.29. The van der Waals surface area contributed by atoms with Gasteiger partial charge in [-0.05, 0) is 6.92 Å². The highest BCUT2D eigenvalue weighted by molar-refractivity contribution is 6.29. The number of anilines is 1. The molecule has 70 valence electrons. The van der Waals surface area contributed by atoms with Gasteiger partial charge >= 0.3 is 0 Å². The van der Waals surface area contributed by atoms with Crippen molar-refractivity contribution >= 4 is 17.4 Å². The van der Waals surface area contributed by atoms with Gasteiger partial charge in [0.15, 0.2) is 0 Å². The normalized spacial score (nSPS) is 9.69. The SMILES string of the molecule is C=CCN(CC)c1cc(Cl)ncn1. The molecule has 4 heteroatoms. The Balaban J connectivity index is 2.84. The fourth-order valence-corrected chi connectivity index (χ4v) is 1.18. The van der Waals surface area contributed by atoms with Crippen LogP contribution in [0, 0.1) is 0 Å². The summed E-state index contributed by atoms with van der Waals surface area (Å²) in [6, 6.07) is 1.74. The van der Waals surface area contributed by atoms with Crippen molar-refractivity contribution in [3.8, 4) is 0 Å². The van der Waals surface area contributed by atoms with Gasteiger partial charge in [-0.1, -0.05) is 17.7 Å². The number of likely N-dealkylation sites (N-methyl/N-ethyl adjacent to an activating group) is 1. The maximum absolute atomic E-state index is 5.74. The molecular weight excluding hydrogens is 186 g/mol. The lowest BCUT2D eigenvalue weighted by Crippen LogP contribution is -2.23. The molecule has 1 aromatic rings. The zero-order valence-electron chi connectivity index (χ0n) is 7.57. The number of nitrogens with zero attached hydrogens (tertiary/aromatic N) is 3. The summed E-state index contributed by atoms with van der Waals surface area (Å²) in [4.78, 5) is 9.99. The van der Waals surface area contributed by atoms with E-state index >= 15 is 0 Å². The molecule has 3 nitrogen and oxygen atoms in total. The highest BCUT2D eigenvalue weighted by atomic mass is 35.5. The summed E-state index contributed by atoms with van der Waals surface area (Å²) < 4.78 is 0. The molecule has 0 aliphatic carbocycles. The number of hydrogen-bond acceptors (Lipinski definition) is 3. The second kappa shape index (κ2) is 4.82. The second-order valence-electron chi connectivity index (χ2n) is 2.53. The third kappa shape index (κ3) is 2.70. The fourth-order valence-electron chi connectivity index (χ4n) is 1.04. The topological polar surface area (TPSA) is 29.0 Å². The number of aromatic nitrogens is 2. The molecule has 0 aliphatic heterocycles. The molecule has 0 spiro atoms. The van der Waals surface area contributed by atoms with Gasteiger partial charge in [-0.25, -0.2) is 9.97 Å². The Morgan fingerprint density at radius 2 is 2.38 bits per heavy atom. The molecule has 0 amide bonds. The van der Waals surface area contributed by atoms with Gasteiger partial charge in [-0.3, -0.25) is 0 Å². The molecule has 0 saturated heterocycles. The van der Waals surface area contributed by atoms with E-state index in [1.54, 1.807) is 6.07 Å². The van der Waals surface area contributed by atoms with Gasteiger partial charge in [0.1, 0.15) is 17.3 Å². The van der Waals surface area contributed by atoms with Crippen LogP contribution in [0.1, 0.15) is 6.92 Å². The van der Waals surface area contributed by atoms with E-state index < -0.39 is 0 Å². The van der Waals surface area contributed by atoms with Crippen LogP contribution in [0.5, 0.6) is 0 Å². The summed E-state index contributed by atoms with van der Waals surface area (Å²) in [6.45, 7) is 7.38. The van der Waals surface area contributed by atoms with Crippen molar-refractivity contribution in [3.63, 3.8) is 0 Å². The lowest BCUT2D eigenvalue weighted by atomic mass is 10.4. The smallest absolute Gasteiger partial charge is 0.134 e. The van der Waals surface area contributed by atoms with Crippen molar-refractivity contribution in [2.45, 2.75) is 6.92 Å². The van der Waals surface area contributed by atoms with E-state index in [0.29, 0.717) is 5.15 Å². The number of hydrogen-bond donors (Lipinski definition) is 0. The highest BCUT2D eigenvalue weighted by Gasteiger charge is 2.03. The van der Waals surface area contributed by atoms with E-state index in [-0.39, 0.29) is 0 Å². The van der Waals surface area contributed by atoms with Crippen molar-refractivity contribution in [2.75, 3.05) is 18.0 Å². The Hall–Kier alpha value is -1.09. The molecule has 13 heavy (non-hydrogen) atoms. The first-order valence-corrected chi connectivity index (χ1v) is 4.49. The van der Waals surface area contributed by atoms with E-state index in [1.807, 2.05) is 6.08 Å². The number of rotatable bonds is 4. The molecule has 0 atom stereocenters. The van der Waals surface area contributed by atoms with Crippen LogP contribution in [0.25, 0.3) is 0 Å². The molecule has 0 N–H and O–H groups in total. The lowest BCUT2D eigenvalue weighted by Gasteiger charge is -2.19. The Bertz CT molecular complexity index is 288. The molecule has 0 saturated carbocycles. The maximum atomic E-state index is 5.74. The minimum Gasteiger partial charge on any atom is -0.353 e. The van der Waals surface area contributed by atoms with Crippen molar-refractivity contribution in [1.82, 2.24) is 9.97 Å². The van der Waals surface area contributed by atoms with Crippen LogP contribution in [0.3, 0.4) is 0 Å². The Morgan fingerprint density at radius 1 is 1.62 bits per heavy atom. The zero-order valence-corrected chi connectivity index (χ0v) is 8.33. The average Bonchev–Trinajstić information content (AvgIpc) is 2.14. The molecule has 1 rings (SSSR count). The third-order valence-corrected chi connectivity index (χ3v) is 1.88. The van der Waals surface area contributed by atoms with Crippen LogP contribution in [0.4, 0.5) is 5.82 Å². The van der Waals surface area contributed by atoms with Gasteiger partial charge in [-0.2, -0.15) is 0 Å². The van der Waals surface area contributed by atoms with Crippen LogP contribution in [-0.4, -0.2) is 23.1 Å². The average molecular weight is 198 g/mol. The molecule has 0 radical (unpaired) electrons. The fraction of sp³-hybridized carbons (Fsp3) is 0.333. The van der Waals surface area contributed by atoms with Crippen LogP contribution >= 0.6 is 11.6 Å². The van der Waals surface area contributed by atoms with Crippen LogP contribution in [0.2, 0.25) is 5.15 Å². The standard InChI is InChI=1S/C9H12ClN3/c1-3-5-13(4-2)9-6-8(10)11-7-12-9/h3,6-7H,1,4-5H2,2H3. The maximum Gasteiger partial charge on any atom is 0.134 e. The van der Waals surface area contributed by atoms with Crippen LogP contribution in [0.15, 0.2) is 25.0 Å². The Kier molecular flexibility index (Phi) is 3.71. The first-order chi connectivity index (χ1) is 6.27. The molecule has 1 heterocycles. The summed E-state index contributed by atoms with van der Waals surface area (Å²) in [5, 5.41) is 0.465. The van der Waals surface area contributed by atoms with Crippen molar-refractivity contribution < 1.29 is 0 Å². The molecule has 0 aliphatic rings. The van der Waals surface area contributed by atoms with E-state index in [2.05, 4.69) is 28.4 Å². The predicted octanol–water partition coefficient (Wildman–Crippen LogP) is 2.14. The Labute approximate surface area is 83.1 Å². The molecule has 0 unspecified atom stereocenters. The molecule has 0 bridgehead atoms. The van der Waals surface area contributed by atoms with E-state index in [4.69, 9.17) is 11.6 Å². The first-order valence-electron chi connectivity index (χ1n) is 4.11. The number of halogens is 1. The van der Waals surface area contributed by atoms with Crippen molar-refractivity contribution in [2.24, 2.45) is 0 Å². The van der Waals surface area contributed by atoms with Gasteiger partial charge in [-0.15, -0.1) is 6.58 Å². The summed E-state index contributed by atoms with van der Waals surface area (Å²) >= 11 is 5.74. The van der Waals surface area contributed by atoms with Gasteiger partial charge in [0.25, 0.3) is 0 Å². The molecule has 0 fully saturated rings. The largest absolute Gasteiger partial charge is 0.353 e. The second-order valence-corrected chi connectivity index (χ2v) is 2.91. The van der Waals surface area contributed by atoms with E-state index in [1.165, 1.54) is 6.33 Å². The lowest BCUT2D eigenvalue weighted by molar-refractivity contribution is 0.876. The van der Waals surface area contributed by atoms with Gasteiger partial charge < -0.3 is 4.90 Å². The van der Waals surface area contributed by atoms with Gasteiger partial charge in [0, 0.05) is 19.2 Å². The van der Waals surface area contributed by atoms with Gasteiger partial charge in [0.05, 0.1) is 0 Å². The Morgan fingerprint density at radius 3 is 2.92 bits per heavy atom. The minimum absolute atomic E-state index is 0.465. The van der Waals surface area contributed by atoms with Crippen molar-refractivity contribution in [3.05, 3.63) is 30.2 Å². The predicted molar refractivity (Wildman–Crippen MR) is 55.1 cm³/mol. The van der Waals surface area contributed by atoms with E-state index in [0.717, 1.165) is 18.9 Å². The summed E-state index contributed by atoms with van der Waals surface area (Å²) in [5.74, 6) is 0.836. The van der Waals surface area contributed by atoms with Crippen LogP contribution < -0.4 is 4.90 Å². The summed E-state index contributed by atoms with van der Waals surface area (Å²) in [5.41, 5.74) is 0. The van der Waals surface area contributed by atoms with Crippen molar-refractivity contribution in [1.29, 1.82) is 0 Å². The molecular formula is C9H12ClN3. The quantitative estimate of drug-likeness (QED) is 0.547. The monoisotopic (exact) mass is 197 g/mol. The first kappa shape index (κ1) is 9.99. The zero-order chi connectivity index (χ0) is 9.68. The molecule has 1 aromatic heterocycles.